The summed E-state index contributed by atoms with van der Waals surface area (Å²) in [5.41, 5.74) is 2.04. The molecule has 5 nitrogen and oxygen atoms in total. The molecule has 1 aliphatic rings. The molecule has 1 amide bonds. The number of aromatic nitrogens is 3. The summed E-state index contributed by atoms with van der Waals surface area (Å²) in [7, 11) is 0. The van der Waals surface area contributed by atoms with Crippen molar-refractivity contribution in [2.24, 2.45) is 5.92 Å². The first-order chi connectivity index (χ1) is 11.9. The van der Waals surface area contributed by atoms with Gasteiger partial charge in [-0.1, -0.05) is 11.6 Å². The average molecular weight is 365 g/mol. The van der Waals surface area contributed by atoms with E-state index in [2.05, 4.69) is 15.4 Å². The Morgan fingerprint density at radius 2 is 2.04 bits per heavy atom. The number of rotatable bonds is 4. The number of nitrogens with zero attached hydrogens (tertiary/aromatic N) is 3. The molecular formula is C18H22ClFN4O. The van der Waals surface area contributed by atoms with Crippen LogP contribution in [0.15, 0.2) is 18.3 Å². The highest BCUT2D eigenvalue weighted by Crippen LogP contribution is 2.26. The topological polar surface area (TPSA) is 59.8 Å². The monoisotopic (exact) mass is 364 g/mol. The van der Waals surface area contributed by atoms with E-state index in [1.807, 2.05) is 6.92 Å². The second-order valence-corrected chi connectivity index (χ2v) is 7.20. The lowest BCUT2D eigenvalue weighted by molar-refractivity contribution is 0.0919. The molecule has 7 heteroatoms. The fraction of sp³-hybridized carbons (Fsp3) is 0.500. The molecule has 0 aromatic carbocycles. The molecule has 25 heavy (non-hydrogen) atoms. The van der Waals surface area contributed by atoms with Gasteiger partial charge in [-0.3, -0.25) is 14.5 Å². The molecule has 1 saturated carbocycles. The second-order valence-electron chi connectivity index (χ2n) is 6.77. The Kier molecular flexibility index (Phi) is 5.37. The molecule has 0 saturated heterocycles. The molecule has 1 N–H and O–H groups in total. The van der Waals surface area contributed by atoms with Gasteiger partial charge < -0.3 is 5.32 Å². The first kappa shape index (κ1) is 17.9. The quantitative estimate of drug-likeness (QED) is 0.900. The van der Waals surface area contributed by atoms with E-state index in [0.717, 1.165) is 37.9 Å². The third-order valence-electron chi connectivity index (χ3n) is 4.86. The van der Waals surface area contributed by atoms with Gasteiger partial charge in [0.15, 0.2) is 0 Å². The molecule has 2 aromatic rings. The smallest absolute Gasteiger partial charge is 0.253 e. The number of hydrogen-bond acceptors (Lipinski definition) is 3. The number of aryl methyl sites for hydroxylation is 2. The summed E-state index contributed by atoms with van der Waals surface area (Å²) in [4.78, 5) is 16.6. The van der Waals surface area contributed by atoms with Crippen molar-refractivity contribution in [1.82, 2.24) is 20.1 Å². The number of amides is 1. The molecule has 0 spiro atoms. The van der Waals surface area contributed by atoms with Crippen LogP contribution in [-0.2, 0) is 6.54 Å². The molecule has 0 radical (unpaired) electrons. The van der Waals surface area contributed by atoms with Crippen molar-refractivity contribution in [2.45, 2.75) is 52.1 Å². The number of carbonyl (C=O) groups excluding carboxylic acids is 1. The largest absolute Gasteiger partial charge is 0.349 e. The standard InChI is InChI=1S/C18H22ClFN4O/c1-11-7-17(20)23-24(11)10-13-3-5-15(6-4-13)22-18(25)16-8-14(19)9-21-12(16)2/h7-9,13,15H,3-6,10H2,1-2H3,(H,22,25). The van der Waals surface area contributed by atoms with E-state index in [-0.39, 0.29) is 11.9 Å². The third kappa shape index (κ3) is 4.37. The number of pyridine rings is 1. The van der Waals surface area contributed by atoms with Gasteiger partial charge in [-0.25, -0.2) is 0 Å². The molecule has 2 heterocycles. The van der Waals surface area contributed by atoms with E-state index >= 15 is 0 Å². The number of nitrogens with one attached hydrogen (secondary N) is 1. The van der Waals surface area contributed by atoms with Crippen LogP contribution in [0, 0.1) is 25.7 Å². The van der Waals surface area contributed by atoms with Gasteiger partial charge in [0.1, 0.15) is 0 Å². The lowest BCUT2D eigenvalue weighted by Gasteiger charge is -2.29. The van der Waals surface area contributed by atoms with Crippen molar-refractivity contribution >= 4 is 17.5 Å². The van der Waals surface area contributed by atoms with E-state index in [1.54, 1.807) is 23.9 Å². The SMILES string of the molecule is Cc1ncc(Cl)cc1C(=O)NC1CCC(Cn2nc(F)cc2C)CC1. The van der Waals surface area contributed by atoms with Crippen molar-refractivity contribution in [2.75, 3.05) is 0 Å². The van der Waals surface area contributed by atoms with Crippen LogP contribution in [-0.4, -0.2) is 26.7 Å². The molecule has 2 aromatic heterocycles. The molecule has 1 fully saturated rings. The van der Waals surface area contributed by atoms with Crippen molar-refractivity contribution in [3.05, 3.63) is 46.3 Å². The van der Waals surface area contributed by atoms with Crippen LogP contribution >= 0.6 is 11.6 Å². The summed E-state index contributed by atoms with van der Waals surface area (Å²) in [6, 6.07) is 3.25. The Morgan fingerprint density at radius 3 is 2.68 bits per heavy atom. The molecule has 1 aliphatic carbocycles. The predicted octanol–water partition coefficient (Wildman–Crippen LogP) is 3.68. The Balaban J connectivity index is 1.53. The molecule has 134 valence electrons. The maximum Gasteiger partial charge on any atom is 0.253 e. The fourth-order valence-corrected chi connectivity index (χ4v) is 3.55. The van der Waals surface area contributed by atoms with Gasteiger partial charge in [0.05, 0.1) is 16.3 Å². The van der Waals surface area contributed by atoms with E-state index in [0.29, 0.717) is 22.2 Å². The summed E-state index contributed by atoms with van der Waals surface area (Å²) >= 11 is 5.94. The fourth-order valence-electron chi connectivity index (χ4n) is 3.39. The van der Waals surface area contributed by atoms with Gasteiger partial charge in [0.25, 0.3) is 5.91 Å². The van der Waals surface area contributed by atoms with Crippen molar-refractivity contribution in [3.63, 3.8) is 0 Å². The Labute approximate surface area is 151 Å². The van der Waals surface area contributed by atoms with Crippen LogP contribution in [0.2, 0.25) is 5.02 Å². The highest BCUT2D eigenvalue weighted by Gasteiger charge is 2.24. The van der Waals surface area contributed by atoms with Gasteiger partial charge in [0.2, 0.25) is 5.95 Å². The number of hydrogen-bond donors (Lipinski definition) is 1. The predicted molar refractivity (Wildman–Crippen MR) is 94.1 cm³/mol. The van der Waals surface area contributed by atoms with Crippen LogP contribution in [0.1, 0.15) is 47.4 Å². The zero-order chi connectivity index (χ0) is 18.0. The molecule has 0 unspecified atom stereocenters. The van der Waals surface area contributed by atoms with Crippen LogP contribution in [0.3, 0.4) is 0 Å². The summed E-state index contributed by atoms with van der Waals surface area (Å²) in [6.45, 7) is 4.39. The highest BCUT2D eigenvalue weighted by molar-refractivity contribution is 6.30. The van der Waals surface area contributed by atoms with Gasteiger partial charge in [-0.2, -0.15) is 4.39 Å². The Bertz CT molecular complexity index is 768. The maximum absolute atomic E-state index is 13.2. The molecule has 3 rings (SSSR count). The average Bonchev–Trinajstić information content (AvgIpc) is 2.89. The van der Waals surface area contributed by atoms with Gasteiger partial charge >= 0.3 is 0 Å². The first-order valence-electron chi connectivity index (χ1n) is 8.55. The van der Waals surface area contributed by atoms with Crippen molar-refractivity contribution < 1.29 is 9.18 Å². The summed E-state index contributed by atoms with van der Waals surface area (Å²) in [5.74, 6) is -0.0920. The lowest BCUT2D eigenvalue weighted by Crippen LogP contribution is -2.38. The van der Waals surface area contributed by atoms with Crippen LogP contribution in [0.5, 0.6) is 0 Å². The van der Waals surface area contributed by atoms with Crippen LogP contribution in [0.25, 0.3) is 0 Å². The van der Waals surface area contributed by atoms with E-state index in [4.69, 9.17) is 11.6 Å². The van der Waals surface area contributed by atoms with Crippen LogP contribution < -0.4 is 5.32 Å². The molecule has 0 bridgehead atoms. The maximum atomic E-state index is 13.2. The summed E-state index contributed by atoms with van der Waals surface area (Å²) < 4.78 is 14.9. The highest BCUT2D eigenvalue weighted by atomic mass is 35.5. The van der Waals surface area contributed by atoms with E-state index in [1.165, 1.54) is 6.07 Å². The van der Waals surface area contributed by atoms with Crippen molar-refractivity contribution in [3.8, 4) is 0 Å². The summed E-state index contributed by atoms with van der Waals surface area (Å²) in [5, 5.41) is 7.43. The zero-order valence-electron chi connectivity index (χ0n) is 14.4. The lowest BCUT2D eigenvalue weighted by atomic mass is 9.86. The Morgan fingerprint density at radius 1 is 1.32 bits per heavy atom. The van der Waals surface area contributed by atoms with Gasteiger partial charge in [0, 0.05) is 30.5 Å². The Hall–Kier alpha value is -1.95. The minimum atomic E-state index is -0.427. The van der Waals surface area contributed by atoms with E-state index < -0.39 is 5.95 Å². The third-order valence-corrected chi connectivity index (χ3v) is 5.07. The van der Waals surface area contributed by atoms with Crippen LogP contribution in [0.4, 0.5) is 4.39 Å². The first-order valence-corrected chi connectivity index (χ1v) is 8.93. The van der Waals surface area contributed by atoms with Crippen molar-refractivity contribution in [1.29, 1.82) is 0 Å². The van der Waals surface area contributed by atoms with E-state index in [9.17, 15) is 9.18 Å². The molecule has 0 aliphatic heterocycles. The normalized spacial score (nSPS) is 20.5. The minimum Gasteiger partial charge on any atom is -0.349 e. The second kappa shape index (κ2) is 7.52. The summed E-state index contributed by atoms with van der Waals surface area (Å²) in [6.07, 6.45) is 5.33. The minimum absolute atomic E-state index is 0.124. The molecular weight excluding hydrogens is 343 g/mol. The number of carbonyl (C=O) groups is 1. The number of halogens is 2. The molecule has 0 atom stereocenters. The van der Waals surface area contributed by atoms with Gasteiger partial charge in [-0.15, -0.1) is 5.10 Å². The van der Waals surface area contributed by atoms with Gasteiger partial charge in [-0.05, 0) is 51.5 Å². The zero-order valence-corrected chi connectivity index (χ0v) is 15.2.